The van der Waals surface area contributed by atoms with Crippen molar-refractivity contribution in [2.75, 3.05) is 24.5 Å². The van der Waals surface area contributed by atoms with Gasteiger partial charge < -0.3 is 10.0 Å². The highest BCUT2D eigenvalue weighted by Gasteiger charge is 2.37. The Morgan fingerprint density at radius 1 is 1.29 bits per heavy atom. The molecule has 2 aliphatic rings. The van der Waals surface area contributed by atoms with Gasteiger partial charge in [0.15, 0.2) is 11.3 Å². The smallest absolute Gasteiger partial charge is 0.303 e. The third-order valence-electron chi connectivity index (χ3n) is 8.00. The second-order valence-corrected chi connectivity index (χ2v) is 11.2. The van der Waals surface area contributed by atoms with Crippen LogP contribution in [-0.2, 0) is 4.79 Å². The van der Waals surface area contributed by atoms with Gasteiger partial charge in [-0.05, 0) is 62.8 Å². The molecule has 1 aromatic carbocycles. The van der Waals surface area contributed by atoms with Crippen LogP contribution in [0.4, 0.5) is 5.82 Å². The summed E-state index contributed by atoms with van der Waals surface area (Å²) in [6.45, 7) is 6.91. The van der Waals surface area contributed by atoms with Gasteiger partial charge >= 0.3 is 5.97 Å². The molecule has 9 nitrogen and oxygen atoms in total. The number of nitrogens with zero attached hydrogens (tertiary/aromatic N) is 7. The molecule has 2 fully saturated rings. The zero-order valence-corrected chi connectivity index (χ0v) is 23.0. The minimum absolute atomic E-state index is 0.224. The predicted molar refractivity (Wildman–Crippen MR) is 147 cm³/mol. The number of rotatable bonds is 7. The molecule has 4 heterocycles. The van der Waals surface area contributed by atoms with E-state index in [0.29, 0.717) is 45.6 Å². The normalized spacial score (nSPS) is 23.0. The largest absolute Gasteiger partial charge is 0.481 e. The van der Waals surface area contributed by atoms with Crippen molar-refractivity contribution in [3.8, 4) is 6.07 Å². The third-order valence-corrected chi connectivity index (χ3v) is 8.56. The van der Waals surface area contributed by atoms with E-state index in [4.69, 9.17) is 33.3 Å². The van der Waals surface area contributed by atoms with Crippen molar-refractivity contribution in [1.29, 1.82) is 5.26 Å². The average Bonchev–Trinajstić information content (AvgIpc) is 3.51. The molecule has 2 aliphatic heterocycles. The quantitative estimate of drug-likeness (QED) is 0.425. The van der Waals surface area contributed by atoms with E-state index in [2.05, 4.69) is 32.9 Å². The highest BCUT2D eigenvalue weighted by Crippen LogP contribution is 2.34. The number of aromatic nitrogens is 4. The predicted octanol–water partition coefficient (Wildman–Crippen LogP) is 5.16. The number of benzene rings is 1. The van der Waals surface area contributed by atoms with Gasteiger partial charge in [0, 0.05) is 41.6 Å². The van der Waals surface area contributed by atoms with Crippen LogP contribution >= 0.6 is 23.2 Å². The van der Waals surface area contributed by atoms with E-state index in [0.717, 1.165) is 50.3 Å². The van der Waals surface area contributed by atoms with E-state index in [1.807, 2.05) is 13.0 Å². The topological polar surface area (TPSA) is 111 Å². The number of carboxylic acids is 1. The summed E-state index contributed by atoms with van der Waals surface area (Å²) < 4.78 is 1.72. The summed E-state index contributed by atoms with van der Waals surface area (Å²) in [6, 6.07) is 7.97. The molecular formula is C27H31Cl2N7O2. The van der Waals surface area contributed by atoms with Crippen LogP contribution < -0.4 is 4.90 Å². The number of hydrogen-bond donors (Lipinski definition) is 1. The summed E-state index contributed by atoms with van der Waals surface area (Å²) in [7, 11) is 0. The fourth-order valence-corrected chi connectivity index (χ4v) is 6.66. The monoisotopic (exact) mass is 555 g/mol. The summed E-state index contributed by atoms with van der Waals surface area (Å²) in [5.74, 6) is 0.421. The second-order valence-electron chi connectivity index (χ2n) is 10.4. The van der Waals surface area contributed by atoms with Gasteiger partial charge in [0.05, 0.1) is 12.2 Å². The van der Waals surface area contributed by atoms with Crippen LogP contribution in [0.1, 0.15) is 63.3 Å². The first kappa shape index (κ1) is 26.7. The number of carbonyl (C=O) groups is 1. The maximum atomic E-state index is 11.1. The molecule has 1 unspecified atom stereocenters. The molecular weight excluding hydrogens is 525 g/mol. The number of likely N-dealkylation sites (tertiary alicyclic amines) is 1. The number of aliphatic carboxylic acids is 1. The molecule has 200 valence electrons. The Morgan fingerprint density at radius 2 is 2.11 bits per heavy atom. The number of fused-ring (bicyclic) bond motifs is 1. The highest BCUT2D eigenvalue weighted by molar-refractivity contribution is 6.35. The van der Waals surface area contributed by atoms with Crippen LogP contribution in [0, 0.1) is 17.2 Å². The summed E-state index contributed by atoms with van der Waals surface area (Å²) in [6.07, 6.45) is 5.84. The second kappa shape index (κ2) is 11.0. The zero-order chi connectivity index (χ0) is 27.0. The molecule has 0 amide bonds. The first-order valence-corrected chi connectivity index (χ1v) is 13.8. The molecule has 5 rings (SSSR count). The summed E-state index contributed by atoms with van der Waals surface area (Å²) >= 11 is 12.6. The van der Waals surface area contributed by atoms with Crippen molar-refractivity contribution >= 4 is 46.2 Å². The first-order chi connectivity index (χ1) is 18.3. The fourth-order valence-electron chi connectivity index (χ4n) is 6.10. The molecule has 0 bridgehead atoms. The van der Waals surface area contributed by atoms with Crippen molar-refractivity contribution < 1.29 is 9.90 Å². The number of hydrogen-bond acceptors (Lipinski definition) is 7. The molecule has 38 heavy (non-hydrogen) atoms. The van der Waals surface area contributed by atoms with Crippen molar-refractivity contribution in [2.45, 2.75) is 64.1 Å². The maximum absolute atomic E-state index is 11.1. The lowest BCUT2D eigenvalue weighted by atomic mass is 9.91. The van der Waals surface area contributed by atoms with Gasteiger partial charge in [0.25, 0.3) is 0 Å². The Kier molecular flexibility index (Phi) is 7.75. The molecule has 2 aromatic heterocycles. The van der Waals surface area contributed by atoms with Crippen molar-refractivity contribution in [1.82, 2.24) is 24.6 Å². The van der Waals surface area contributed by atoms with Crippen LogP contribution in [0.5, 0.6) is 0 Å². The molecule has 0 spiro atoms. The molecule has 2 saturated heterocycles. The van der Waals surface area contributed by atoms with Gasteiger partial charge in [-0.15, -0.1) is 0 Å². The lowest BCUT2D eigenvalue weighted by Gasteiger charge is -2.43. The summed E-state index contributed by atoms with van der Waals surface area (Å²) in [5, 5.41) is 24.4. The Labute approximate surface area is 232 Å². The van der Waals surface area contributed by atoms with Crippen LogP contribution in [-0.4, -0.2) is 67.4 Å². The highest BCUT2D eigenvalue weighted by atomic mass is 35.5. The van der Waals surface area contributed by atoms with Crippen molar-refractivity contribution in [3.05, 3.63) is 45.7 Å². The van der Waals surface area contributed by atoms with Gasteiger partial charge in [-0.2, -0.15) is 10.4 Å². The van der Waals surface area contributed by atoms with E-state index in [-0.39, 0.29) is 18.2 Å². The summed E-state index contributed by atoms with van der Waals surface area (Å²) in [4.78, 5) is 25.5. The Hall–Kier alpha value is -2.93. The van der Waals surface area contributed by atoms with Crippen LogP contribution in [0.2, 0.25) is 10.0 Å². The van der Waals surface area contributed by atoms with E-state index >= 15 is 0 Å². The Morgan fingerprint density at radius 3 is 2.82 bits per heavy atom. The molecule has 1 N–H and O–H groups in total. The van der Waals surface area contributed by atoms with E-state index in [1.54, 1.807) is 23.0 Å². The lowest BCUT2D eigenvalue weighted by molar-refractivity contribution is -0.137. The van der Waals surface area contributed by atoms with Gasteiger partial charge in [0.2, 0.25) is 0 Å². The molecule has 0 aliphatic carbocycles. The van der Waals surface area contributed by atoms with E-state index in [1.165, 1.54) is 0 Å². The molecule has 0 radical (unpaired) electrons. The Bertz CT molecular complexity index is 1390. The number of carboxylic acid groups (broad SMARTS) is 1. The van der Waals surface area contributed by atoms with Gasteiger partial charge in [-0.25, -0.2) is 14.6 Å². The number of piperidine rings is 1. The van der Waals surface area contributed by atoms with E-state index < -0.39 is 5.97 Å². The van der Waals surface area contributed by atoms with Crippen molar-refractivity contribution in [3.63, 3.8) is 0 Å². The van der Waals surface area contributed by atoms with Crippen molar-refractivity contribution in [2.24, 2.45) is 5.92 Å². The molecule has 11 heteroatoms. The number of anilines is 1. The van der Waals surface area contributed by atoms with Crippen LogP contribution in [0.25, 0.3) is 11.2 Å². The van der Waals surface area contributed by atoms with Crippen LogP contribution in [0.15, 0.2) is 24.4 Å². The lowest BCUT2D eigenvalue weighted by Crippen LogP contribution is -2.52. The number of nitriles is 1. The van der Waals surface area contributed by atoms with Gasteiger partial charge in [-0.1, -0.05) is 36.2 Å². The van der Waals surface area contributed by atoms with E-state index in [9.17, 15) is 10.1 Å². The number of halogens is 2. The standard InChI is InChI=1S/C27H31Cl2N7O2/c1-16-15-34(11-9-23(16)35-10-3-4-19(35)6-8-25(37)38)24-14-31-26-22(13-30)33-36(27(26)32-24)17(2)20-7-5-18(28)12-21(20)29/h5,7,12,14,16-17,19,23H,3-4,6,8-11,15H2,1-2H3,(H,37,38)/t16-,17-,19?,23+/m1/s1. The van der Waals surface area contributed by atoms with Gasteiger partial charge in [-0.3, -0.25) is 9.69 Å². The minimum atomic E-state index is -0.722. The zero-order valence-electron chi connectivity index (χ0n) is 21.5. The molecule has 0 saturated carbocycles. The first-order valence-electron chi connectivity index (χ1n) is 13.1. The van der Waals surface area contributed by atoms with Crippen LogP contribution in [0.3, 0.4) is 0 Å². The van der Waals surface area contributed by atoms with Gasteiger partial charge in [0.1, 0.15) is 17.4 Å². The summed E-state index contributed by atoms with van der Waals surface area (Å²) in [5.41, 5.74) is 2.06. The maximum Gasteiger partial charge on any atom is 0.303 e. The average molecular weight is 556 g/mol. The Balaban J connectivity index is 1.38. The SMILES string of the molecule is C[C@@H]1CN(c2cnc3c(C#N)nn([C@H](C)c4ccc(Cl)cc4Cl)c3n2)CC[C@@H]1N1CCCC1CCC(=O)O. The molecule has 3 aromatic rings. The minimum Gasteiger partial charge on any atom is -0.481 e. The fraction of sp³-hybridized carbons (Fsp3) is 0.519. The molecule has 4 atom stereocenters. The third kappa shape index (κ3) is 5.18.